The van der Waals surface area contributed by atoms with Gasteiger partial charge >= 0.3 is 5.97 Å². The smallest absolute Gasteiger partial charge is 0.311 e. The molecule has 0 spiro atoms. The summed E-state index contributed by atoms with van der Waals surface area (Å²) in [6.45, 7) is 4.70. The lowest BCUT2D eigenvalue weighted by atomic mass is 9.80. The van der Waals surface area contributed by atoms with Gasteiger partial charge in [-0.3, -0.25) is 24.0 Å². The van der Waals surface area contributed by atoms with Crippen molar-refractivity contribution in [3.8, 4) is 0 Å². The number of rotatable bonds is 7. The number of carbonyl (C=O) groups excluding carboxylic acids is 3. The Morgan fingerprint density at radius 3 is 2.26 bits per heavy atom. The molecule has 1 N–H and O–H groups in total. The quantitative estimate of drug-likeness (QED) is 0.420. The predicted octanol–water partition coefficient (Wildman–Crippen LogP) is 2.91. The summed E-state index contributed by atoms with van der Waals surface area (Å²) in [6.07, 6.45) is 3.53. The molecule has 3 aromatic rings. The molecule has 0 bridgehead atoms. The number of ether oxygens (including phenoxy) is 1. The minimum atomic E-state index is -0.616. The molecular weight excluding hydrogens is 444 g/mol. The lowest BCUT2D eigenvalue weighted by Gasteiger charge is -2.28. The van der Waals surface area contributed by atoms with E-state index in [1.165, 1.54) is 4.90 Å². The first-order valence-electron chi connectivity index (χ1n) is 11.8. The molecule has 0 aliphatic carbocycles. The molecular formula is C27H28N4O4. The Kier molecular flexibility index (Phi) is 5.98. The summed E-state index contributed by atoms with van der Waals surface area (Å²) in [5, 5.41) is 7.86. The van der Waals surface area contributed by atoms with Crippen molar-refractivity contribution in [2.45, 2.75) is 38.6 Å². The fraction of sp³-hybridized carbons (Fsp3) is 0.333. The third-order valence-electron chi connectivity index (χ3n) is 6.97. The minimum Gasteiger partial charge on any atom is -0.461 e. The number of esters is 1. The van der Waals surface area contributed by atoms with E-state index >= 15 is 0 Å². The van der Waals surface area contributed by atoms with E-state index in [2.05, 4.69) is 10.4 Å². The van der Waals surface area contributed by atoms with Gasteiger partial charge in [0.25, 0.3) is 11.8 Å². The van der Waals surface area contributed by atoms with Crippen LogP contribution in [0.4, 0.5) is 0 Å². The van der Waals surface area contributed by atoms with Gasteiger partial charge in [0.15, 0.2) is 0 Å². The van der Waals surface area contributed by atoms with Crippen molar-refractivity contribution in [2.24, 2.45) is 11.8 Å². The normalized spacial score (nSPS) is 22.9. The molecule has 2 aliphatic rings. The van der Waals surface area contributed by atoms with Crippen LogP contribution < -0.4 is 5.32 Å². The van der Waals surface area contributed by atoms with E-state index in [9.17, 15) is 14.4 Å². The third kappa shape index (κ3) is 4.37. The summed E-state index contributed by atoms with van der Waals surface area (Å²) < 4.78 is 7.53. The molecule has 8 nitrogen and oxygen atoms in total. The number of nitrogens with zero attached hydrogens (tertiary/aromatic N) is 3. The molecule has 1 unspecified atom stereocenters. The Bertz CT molecular complexity index is 1200. The first-order valence-corrected chi connectivity index (χ1v) is 11.8. The van der Waals surface area contributed by atoms with Crippen molar-refractivity contribution in [3.05, 3.63) is 89.7 Å². The van der Waals surface area contributed by atoms with Gasteiger partial charge in [0.1, 0.15) is 6.61 Å². The molecule has 1 saturated heterocycles. The van der Waals surface area contributed by atoms with Gasteiger partial charge in [0.05, 0.1) is 17.0 Å². The molecule has 2 aromatic carbocycles. The van der Waals surface area contributed by atoms with Crippen LogP contribution in [-0.2, 0) is 22.7 Å². The zero-order valence-electron chi connectivity index (χ0n) is 19.8. The van der Waals surface area contributed by atoms with Crippen LogP contribution in [-0.4, -0.2) is 50.6 Å². The summed E-state index contributed by atoms with van der Waals surface area (Å²) in [7, 11) is 0. The average molecular weight is 473 g/mol. The van der Waals surface area contributed by atoms with Crippen molar-refractivity contribution in [1.82, 2.24) is 20.0 Å². The van der Waals surface area contributed by atoms with E-state index in [-0.39, 0.29) is 42.9 Å². The van der Waals surface area contributed by atoms with E-state index in [0.29, 0.717) is 17.7 Å². The van der Waals surface area contributed by atoms with Gasteiger partial charge in [0.2, 0.25) is 0 Å². The first kappa shape index (κ1) is 23.0. The molecule has 8 heteroatoms. The average Bonchev–Trinajstić information content (AvgIpc) is 3.52. The Morgan fingerprint density at radius 2 is 1.63 bits per heavy atom. The van der Waals surface area contributed by atoms with Crippen LogP contribution in [0.5, 0.6) is 0 Å². The van der Waals surface area contributed by atoms with E-state index in [1.54, 1.807) is 35.1 Å². The van der Waals surface area contributed by atoms with Crippen LogP contribution in [0.25, 0.3) is 0 Å². The van der Waals surface area contributed by atoms with E-state index in [0.717, 1.165) is 5.56 Å². The monoisotopic (exact) mass is 472 g/mol. The van der Waals surface area contributed by atoms with Gasteiger partial charge in [-0.25, -0.2) is 0 Å². The fourth-order valence-electron chi connectivity index (χ4n) is 5.37. The molecule has 0 saturated carbocycles. The molecule has 180 valence electrons. The summed E-state index contributed by atoms with van der Waals surface area (Å²) in [4.78, 5) is 40.8. The van der Waals surface area contributed by atoms with E-state index < -0.39 is 11.5 Å². The minimum absolute atomic E-state index is 0.157. The van der Waals surface area contributed by atoms with Gasteiger partial charge in [0, 0.05) is 43.0 Å². The van der Waals surface area contributed by atoms with Gasteiger partial charge in [-0.05, 0) is 37.6 Å². The third-order valence-corrected chi connectivity index (χ3v) is 6.97. The van der Waals surface area contributed by atoms with Gasteiger partial charge in [-0.15, -0.1) is 0 Å². The second-order valence-corrected chi connectivity index (χ2v) is 9.70. The standard InChI is InChI=1S/C27H28N4O4/c1-27(2)23(26(34)35-17-18-9-4-3-5-10-18)21(15-30-14-8-13-28-30)22(29-27)16-31-24(32)19-11-6-7-12-20(19)25(31)33/h3-14,21-23,29H,15-17H2,1-2H3/t21-,22+,23?/m1/s1. The first-order chi connectivity index (χ1) is 16.8. The van der Waals surface area contributed by atoms with Crippen LogP contribution >= 0.6 is 0 Å². The Hall–Kier alpha value is -3.78. The zero-order valence-corrected chi connectivity index (χ0v) is 19.8. The number of aromatic nitrogens is 2. The highest BCUT2D eigenvalue weighted by molar-refractivity contribution is 6.21. The lowest BCUT2D eigenvalue weighted by Crippen LogP contribution is -2.47. The summed E-state index contributed by atoms with van der Waals surface area (Å²) in [5.41, 5.74) is 1.12. The summed E-state index contributed by atoms with van der Waals surface area (Å²) >= 11 is 0. The maximum absolute atomic E-state index is 13.4. The van der Waals surface area contributed by atoms with Crippen molar-refractivity contribution in [2.75, 3.05) is 6.54 Å². The number of amides is 2. The van der Waals surface area contributed by atoms with Crippen LogP contribution in [0.1, 0.15) is 40.1 Å². The van der Waals surface area contributed by atoms with Crippen molar-refractivity contribution < 1.29 is 19.1 Å². The van der Waals surface area contributed by atoms with Crippen LogP contribution in [0.15, 0.2) is 73.1 Å². The Labute approximate surface area is 203 Å². The SMILES string of the molecule is CC1(C)N[C@@H](CN2C(=O)c3ccccc3C2=O)[C@@H](Cn2cccn2)C1C(=O)OCc1ccccc1. The van der Waals surface area contributed by atoms with Crippen LogP contribution in [0.3, 0.4) is 0 Å². The zero-order chi connectivity index (χ0) is 24.6. The largest absolute Gasteiger partial charge is 0.461 e. The molecule has 0 radical (unpaired) electrons. The summed E-state index contributed by atoms with van der Waals surface area (Å²) in [6, 6.07) is 17.9. The van der Waals surface area contributed by atoms with Gasteiger partial charge < -0.3 is 10.1 Å². The molecule has 2 amide bonds. The molecule has 3 atom stereocenters. The molecule has 1 fully saturated rings. The number of hydrogen-bond donors (Lipinski definition) is 1. The molecule has 35 heavy (non-hydrogen) atoms. The van der Waals surface area contributed by atoms with Crippen molar-refractivity contribution in [3.63, 3.8) is 0 Å². The lowest BCUT2D eigenvalue weighted by molar-refractivity contribution is -0.153. The second kappa shape index (κ2) is 9.11. The maximum Gasteiger partial charge on any atom is 0.311 e. The van der Waals surface area contributed by atoms with Crippen molar-refractivity contribution in [1.29, 1.82) is 0 Å². The van der Waals surface area contributed by atoms with E-state index in [4.69, 9.17) is 4.74 Å². The molecule has 2 aliphatic heterocycles. The van der Waals surface area contributed by atoms with E-state index in [1.807, 2.05) is 56.4 Å². The predicted molar refractivity (Wildman–Crippen MR) is 128 cm³/mol. The van der Waals surface area contributed by atoms with Crippen LogP contribution in [0, 0.1) is 11.8 Å². The van der Waals surface area contributed by atoms with Crippen LogP contribution in [0.2, 0.25) is 0 Å². The number of nitrogens with one attached hydrogen (secondary N) is 1. The number of carbonyl (C=O) groups is 3. The summed E-state index contributed by atoms with van der Waals surface area (Å²) in [5.74, 6) is -1.68. The Balaban J connectivity index is 1.40. The number of fused-ring (bicyclic) bond motifs is 1. The maximum atomic E-state index is 13.4. The van der Waals surface area contributed by atoms with Crippen molar-refractivity contribution >= 4 is 17.8 Å². The highest BCUT2D eigenvalue weighted by Gasteiger charge is 2.53. The molecule has 5 rings (SSSR count). The highest BCUT2D eigenvalue weighted by atomic mass is 16.5. The molecule has 1 aromatic heterocycles. The number of hydrogen-bond acceptors (Lipinski definition) is 6. The second-order valence-electron chi connectivity index (χ2n) is 9.70. The topological polar surface area (TPSA) is 93.5 Å². The Morgan fingerprint density at radius 1 is 0.971 bits per heavy atom. The van der Waals surface area contributed by atoms with Gasteiger partial charge in [-0.1, -0.05) is 42.5 Å². The number of imide groups is 1. The van der Waals surface area contributed by atoms with Gasteiger partial charge in [-0.2, -0.15) is 5.10 Å². The number of benzene rings is 2. The molecule has 3 heterocycles. The highest BCUT2D eigenvalue weighted by Crippen LogP contribution is 2.38. The fourth-order valence-corrected chi connectivity index (χ4v) is 5.37.